The normalized spacial score (nSPS) is 10.0. The summed E-state index contributed by atoms with van der Waals surface area (Å²) in [5, 5.41) is 3.09. The fourth-order valence-corrected chi connectivity index (χ4v) is 1.22. The van der Waals surface area contributed by atoms with Crippen LogP contribution in [0.5, 0.6) is 0 Å². The van der Waals surface area contributed by atoms with E-state index in [4.69, 9.17) is 12.2 Å². The van der Waals surface area contributed by atoms with Crippen molar-refractivity contribution in [3.8, 4) is 0 Å². The van der Waals surface area contributed by atoms with Gasteiger partial charge in [-0.25, -0.2) is 0 Å². The van der Waals surface area contributed by atoms with Crippen LogP contribution in [0.2, 0.25) is 0 Å². The average Bonchev–Trinajstić information content (AvgIpc) is 1.95. The first-order chi connectivity index (χ1) is 5.24. The Kier molecular flexibility index (Phi) is 2.79. The third-order valence-corrected chi connectivity index (χ3v) is 1.85. The Morgan fingerprint density at radius 3 is 2.91 bits per heavy atom. The minimum absolute atomic E-state index is 0.794. The fraction of sp³-hybridized carbons (Fsp3) is 0.375. The summed E-state index contributed by atoms with van der Waals surface area (Å²) in [6.07, 6.45) is 1.95. The van der Waals surface area contributed by atoms with Crippen LogP contribution >= 0.6 is 12.2 Å². The number of hydrogen-bond acceptors (Lipinski definition) is 2. The van der Waals surface area contributed by atoms with Crippen LogP contribution in [-0.2, 0) is 6.54 Å². The van der Waals surface area contributed by atoms with Gasteiger partial charge in [-0.3, -0.25) is 0 Å². The van der Waals surface area contributed by atoms with Gasteiger partial charge in [0.25, 0.3) is 0 Å². The quantitative estimate of drug-likeness (QED) is 0.659. The van der Waals surface area contributed by atoms with E-state index in [2.05, 4.69) is 17.2 Å². The smallest absolute Gasteiger partial charge is 0.103 e. The first kappa shape index (κ1) is 8.43. The molecule has 0 unspecified atom stereocenters. The Balaban J connectivity index is 2.99. The average molecular weight is 168 g/mol. The van der Waals surface area contributed by atoms with Gasteiger partial charge in [0.05, 0.1) is 0 Å². The summed E-state index contributed by atoms with van der Waals surface area (Å²) in [6.45, 7) is 2.95. The summed E-state index contributed by atoms with van der Waals surface area (Å²) in [4.78, 5) is 3.00. The number of pyridine rings is 1. The lowest BCUT2D eigenvalue weighted by atomic mass is 10.2. The maximum atomic E-state index is 4.97. The predicted molar refractivity (Wildman–Crippen MR) is 49.1 cm³/mol. The largest absolute Gasteiger partial charge is 0.353 e. The van der Waals surface area contributed by atoms with Crippen LogP contribution < -0.4 is 5.32 Å². The molecule has 2 N–H and O–H groups in total. The lowest BCUT2D eigenvalue weighted by molar-refractivity contribution is 0.806. The number of aromatic nitrogens is 1. The van der Waals surface area contributed by atoms with E-state index in [1.165, 1.54) is 11.1 Å². The monoisotopic (exact) mass is 168 g/mol. The van der Waals surface area contributed by atoms with Crippen molar-refractivity contribution >= 4 is 12.2 Å². The molecule has 0 amide bonds. The van der Waals surface area contributed by atoms with Crippen LogP contribution in [0.25, 0.3) is 0 Å². The predicted octanol–water partition coefficient (Wildman–Crippen LogP) is 1.77. The molecule has 1 aromatic rings. The Hall–Kier alpha value is -0.670. The third kappa shape index (κ3) is 2.13. The van der Waals surface area contributed by atoms with Crippen molar-refractivity contribution in [3.05, 3.63) is 28.0 Å². The molecule has 0 radical (unpaired) electrons. The molecule has 3 heteroatoms. The standard InChI is InChI=1S/C8H12N2S/c1-6-3-8(11)10-5-7(6)4-9-2/h3,5,9H,4H2,1-2H3,(H,10,11). The summed E-state index contributed by atoms with van der Waals surface area (Å²) >= 11 is 4.97. The second kappa shape index (κ2) is 3.64. The highest BCUT2D eigenvalue weighted by molar-refractivity contribution is 7.71. The number of H-pyrrole nitrogens is 1. The third-order valence-electron chi connectivity index (χ3n) is 1.61. The van der Waals surface area contributed by atoms with Crippen LogP contribution in [0.3, 0.4) is 0 Å². The van der Waals surface area contributed by atoms with Crippen LogP contribution in [0.4, 0.5) is 0 Å². The van der Waals surface area contributed by atoms with E-state index >= 15 is 0 Å². The Morgan fingerprint density at radius 1 is 1.64 bits per heavy atom. The van der Waals surface area contributed by atoms with Gasteiger partial charge in [-0.2, -0.15) is 0 Å². The van der Waals surface area contributed by atoms with Crippen molar-refractivity contribution in [1.29, 1.82) is 0 Å². The summed E-state index contributed by atoms with van der Waals surface area (Å²) < 4.78 is 0.794. The molecule has 0 aliphatic rings. The highest BCUT2D eigenvalue weighted by Gasteiger charge is 1.94. The van der Waals surface area contributed by atoms with Crippen molar-refractivity contribution in [1.82, 2.24) is 10.3 Å². The number of hydrogen-bond donors (Lipinski definition) is 2. The highest BCUT2D eigenvalue weighted by atomic mass is 32.1. The van der Waals surface area contributed by atoms with E-state index in [1.54, 1.807) is 0 Å². The molecule has 0 aromatic carbocycles. The molecule has 0 saturated heterocycles. The van der Waals surface area contributed by atoms with Crippen molar-refractivity contribution < 1.29 is 0 Å². The van der Waals surface area contributed by atoms with Crippen LogP contribution in [0, 0.1) is 11.6 Å². The van der Waals surface area contributed by atoms with Crippen LogP contribution in [-0.4, -0.2) is 12.0 Å². The molecule has 2 nitrogen and oxygen atoms in total. The molecule has 11 heavy (non-hydrogen) atoms. The molecule has 0 bridgehead atoms. The summed E-state index contributed by atoms with van der Waals surface area (Å²) in [6, 6.07) is 1.97. The van der Waals surface area contributed by atoms with Gasteiger partial charge in [0.1, 0.15) is 4.64 Å². The number of nitrogens with one attached hydrogen (secondary N) is 2. The number of aryl methyl sites for hydroxylation is 1. The van der Waals surface area contributed by atoms with Gasteiger partial charge in [0.2, 0.25) is 0 Å². The molecule has 0 spiro atoms. The second-order valence-electron chi connectivity index (χ2n) is 2.54. The molecule has 0 atom stereocenters. The molecule has 1 rings (SSSR count). The minimum Gasteiger partial charge on any atom is -0.353 e. The Morgan fingerprint density at radius 2 is 2.36 bits per heavy atom. The van der Waals surface area contributed by atoms with Gasteiger partial charge in [-0.05, 0) is 31.2 Å². The van der Waals surface area contributed by atoms with Gasteiger partial charge in [-0.1, -0.05) is 12.2 Å². The van der Waals surface area contributed by atoms with Gasteiger partial charge in [-0.15, -0.1) is 0 Å². The topological polar surface area (TPSA) is 27.8 Å². The second-order valence-corrected chi connectivity index (χ2v) is 2.98. The molecular formula is C8H12N2S. The number of aromatic amines is 1. The molecule has 0 aliphatic carbocycles. The first-order valence-corrected chi connectivity index (χ1v) is 3.97. The zero-order chi connectivity index (χ0) is 8.27. The van der Waals surface area contributed by atoms with Crippen molar-refractivity contribution in [2.45, 2.75) is 13.5 Å². The van der Waals surface area contributed by atoms with Gasteiger partial charge in [0.15, 0.2) is 0 Å². The minimum atomic E-state index is 0.794. The summed E-state index contributed by atoms with van der Waals surface area (Å²) in [5.74, 6) is 0. The van der Waals surface area contributed by atoms with E-state index in [1.807, 2.05) is 19.3 Å². The van der Waals surface area contributed by atoms with E-state index in [9.17, 15) is 0 Å². The van der Waals surface area contributed by atoms with E-state index in [-0.39, 0.29) is 0 Å². The zero-order valence-corrected chi connectivity index (χ0v) is 7.59. The highest BCUT2D eigenvalue weighted by Crippen LogP contribution is 2.04. The molecule has 0 fully saturated rings. The van der Waals surface area contributed by atoms with Crippen LogP contribution in [0.1, 0.15) is 11.1 Å². The van der Waals surface area contributed by atoms with Crippen molar-refractivity contribution in [2.24, 2.45) is 0 Å². The van der Waals surface area contributed by atoms with Gasteiger partial charge < -0.3 is 10.3 Å². The Labute approximate surface area is 71.7 Å². The molecular weight excluding hydrogens is 156 g/mol. The maximum absolute atomic E-state index is 4.97. The fourth-order valence-electron chi connectivity index (χ4n) is 0.984. The zero-order valence-electron chi connectivity index (χ0n) is 6.77. The van der Waals surface area contributed by atoms with Gasteiger partial charge >= 0.3 is 0 Å². The maximum Gasteiger partial charge on any atom is 0.103 e. The van der Waals surface area contributed by atoms with E-state index < -0.39 is 0 Å². The Bertz CT molecular complexity index is 290. The molecule has 1 aromatic heterocycles. The molecule has 0 aliphatic heterocycles. The SMILES string of the molecule is CNCc1c[nH]c(=S)cc1C. The lowest BCUT2D eigenvalue weighted by Crippen LogP contribution is -2.06. The molecule has 60 valence electrons. The van der Waals surface area contributed by atoms with Crippen LogP contribution in [0.15, 0.2) is 12.3 Å². The van der Waals surface area contributed by atoms with Crippen molar-refractivity contribution in [3.63, 3.8) is 0 Å². The molecule has 1 heterocycles. The lowest BCUT2D eigenvalue weighted by Gasteiger charge is -2.02. The van der Waals surface area contributed by atoms with E-state index in [0.29, 0.717) is 0 Å². The van der Waals surface area contributed by atoms with E-state index in [0.717, 1.165) is 11.2 Å². The van der Waals surface area contributed by atoms with Crippen molar-refractivity contribution in [2.75, 3.05) is 7.05 Å². The van der Waals surface area contributed by atoms with Gasteiger partial charge in [0, 0.05) is 12.7 Å². The number of rotatable bonds is 2. The molecule has 0 saturated carbocycles. The first-order valence-electron chi connectivity index (χ1n) is 3.57. The summed E-state index contributed by atoms with van der Waals surface area (Å²) in [7, 11) is 1.93. The summed E-state index contributed by atoms with van der Waals surface area (Å²) in [5.41, 5.74) is 2.50.